The molecule has 1 aromatic rings. The number of nitrogens with zero attached hydrogens (tertiary/aromatic N) is 1. The number of likely N-dealkylation sites (tertiary alicyclic amines) is 1. The molecule has 17 heavy (non-hydrogen) atoms. The molecular weight excluding hydrogens is 214 g/mol. The molecule has 1 fully saturated rings. The van der Waals surface area contributed by atoms with E-state index in [2.05, 4.69) is 13.8 Å². The first-order chi connectivity index (χ1) is 7.99. The fraction of sp³-hybridized carbons (Fsp3) is 0.500. The fourth-order valence-corrected chi connectivity index (χ4v) is 2.27. The van der Waals surface area contributed by atoms with Crippen LogP contribution in [0.2, 0.25) is 0 Å². The molecule has 2 rings (SSSR count). The predicted octanol–water partition coefficient (Wildman–Crippen LogP) is 2.43. The summed E-state index contributed by atoms with van der Waals surface area (Å²) in [6.07, 6.45) is 0. The Labute approximate surface area is 102 Å². The zero-order chi connectivity index (χ0) is 12.6. The molecule has 0 radical (unpaired) electrons. The second kappa shape index (κ2) is 4.40. The van der Waals surface area contributed by atoms with Crippen molar-refractivity contribution in [3.63, 3.8) is 0 Å². The van der Waals surface area contributed by atoms with Crippen molar-refractivity contribution in [2.75, 3.05) is 13.1 Å². The van der Waals surface area contributed by atoms with Gasteiger partial charge in [0, 0.05) is 18.7 Å². The van der Waals surface area contributed by atoms with Crippen molar-refractivity contribution in [1.29, 1.82) is 0 Å². The van der Waals surface area contributed by atoms with Crippen LogP contribution in [-0.2, 0) is 0 Å². The highest BCUT2D eigenvalue weighted by Crippen LogP contribution is 2.25. The normalized spacial score (nSPS) is 24.1. The minimum Gasteiger partial charge on any atom is -0.508 e. The molecule has 2 atom stereocenters. The van der Waals surface area contributed by atoms with Crippen LogP contribution >= 0.6 is 0 Å². The maximum absolute atomic E-state index is 12.2. The van der Waals surface area contributed by atoms with Gasteiger partial charge in [0.2, 0.25) is 0 Å². The van der Waals surface area contributed by atoms with Gasteiger partial charge in [-0.3, -0.25) is 4.79 Å². The van der Waals surface area contributed by atoms with Gasteiger partial charge in [0.15, 0.2) is 0 Å². The van der Waals surface area contributed by atoms with Gasteiger partial charge in [-0.1, -0.05) is 13.8 Å². The number of phenols is 1. The minimum absolute atomic E-state index is 0.0734. The summed E-state index contributed by atoms with van der Waals surface area (Å²) in [5.74, 6) is 1.45. The summed E-state index contributed by atoms with van der Waals surface area (Å²) in [6.45, 7) is 7.83. The van der Waals surface area contributed by atoms with Crippen LogP contribution in [0.3, 0.4) is 0 Å². The average molecular weight is 233 g/mol. The topological polar surface area (TPSA) is 40.5 Å². The minimum atomic E-state index is 0.0734. The van der Waals surface area contributed by atoms with E-state index < -0.39 is 0 Å². The van der Waals surface area contributed by atoms with E-state index in [-0.39, 0.29) is 11.7 Å². The van der Waals surface area contributed by atoms with Gasteiger partial charge in [0.1, 0.15) is 5.75 Å². The number of rotatable bonds is 1. The fourth-order valence-electron chi connectivity index (χ4n) is 2.27. The number of carbonyl (C=O) groups is 1. The van der Waals surface area contributed by atoms with Crippen molar-refractivity contribution in [3.8, 4) is 5.75 Å². The first kappa shape index (κ1) is 12.0. The first-order valence-electron chi connectivity index (χ1n) is 6.08. The number of hydrogen-bond acceptors (Lipinski definition) is 2. The van der Waals surface area contributed by atoms with Gasteiger partial charge >= 0.3 is 0 Å². The lowest BCUT2D eigenvalue weighted by molar-refractivity contribution is 0.0785. The summed E-state index contributed by atoms with van der Waals surface area (Å²) >= 11 is 0. The lowest BCUT2D eigenvalue weighted by Gasteiger charge is -2.16. The summed E-state index contributed by atoms with van der Waals surface area (Å²) in [4.78, 5) is 14.1. The van der Waals surface area contributed by atoms with Gasteiger partial charge in [-0.15, -0.1) is 0 Å². The molecule has 1 aliphatic heterocycles. The van der Waals surface area contributed by atoms with Crippen molar-refractivity contribution in [2.45, 2.75) is 20.8 Å². The van der Waals surface area contributed by atoms with Gasteiger partial charge in [-0.25, -0.2) is 0 Å². The molecule has 92 valence electrons. The molecule has 3 nitrogen and oxygen atoms in total. The van der Waals surface area contributed by atoms with Gasteiger partial charge < -0.3 is 10.0 Å². The smallest absolute Gasteiger partial charge is 0.253 e. The zero-order valence-corrected chi connectivity index (χ0v) is 10.6. The number of benzene rings is 1. The Morgan fingerprint density at radius 1 is 1.29 bits per heavy atom. The molecule has 0 bridgehead atoms. The van der Waals surface area contributed by atoms with Crippen LogP contribution in [0, 0.1) is 18.8 Å². The van der Waals surface area contributed by atoms with Crippen molar-refractivity contribution in [2.24, 2.45) is 11.8 Å². The molecule has 0 aromatic heterocycles. The molecule has 0 saturated carbocycles. The third kappa shape index (κ3) is 2.28. The van der Waals surface area contributed by atoms with E-state index in [0.717, 1.165) is 18.7 Å². The summed E-state index contributed by atoms with van der Waals surface area (Å²) < 4.78 is 0. The van der Waals surface area contributed by atoms with Crippen LogP contribution in [-0.4, -0.2) is 29.0 Å². The summed E-state index contributed by atoms with van der Waals surface area (Å²) in [6, 6.07) is 5.04. The highest BCUT2D eigenvalue weighted by molar-refractivity contribution is 5.94. The second-order valence-electron chi connectivity index (χ2n) is 5.17. The summed E-state index contributed by atoms with van der Waals surface area (Å²) in [5.41, 5.74) is 1.41. The molecule has 1 amide bonds. The standard InChI is InChI=1S/C14H19NO2/c1-9-6-12(4-5-13(9)16)14(17)15-7-10(2)11(3)8-15/h4-6,10-11,16H,7-8H2,1-3H3. The molecule has 0 aliphatic carbocycles. The van der Waals surface area contributed by atoms with E-state index in [9.17, 15) is 9.90 Å². The van der Waals surface area contributed by atoms with Crippen molar-refractivity contribution in [1.82, 2.24) is 4.90 Å². The number of amides is 1. The Balaban J connectivity index is 2.17. The molecule has 1 aliphatic rings. The number of aryl methyl sites for hydroxylation is 1. The molecule has 2 unspecified atom stereocenters. The van der Waals surface area contributed by atoms with Gasteiger partial charge in [-0.2, -0.15) is 0 Å². The first-order valence-corrected chi connectivity index (χ1v) is 6.08. The third-order valence-corrected chi connectivity index (χ3v) is 3.72. The molecule has 1 N–H and O–H groups in total. The molecule has 1 heterocycles. The molecule has 3 heteroatoms. The second-order valence-corrected chi connectivity index (χ2v) is 5.17. The maximum Gasteiger partial charge on any atom is 0.253 e. The van der Waals surface area contributed by atoms with E-state index in [1.54, 1.807) is 25.1 Å². The van der Waals surface area contributed by atoms with Crippen molar-refractivity contribution < 1.29 is 9.90 Å². The van der Waals surface area contributed by atoms with E-state index in [0.29, 0.717) is 17.4 Å². The highest BCUT2D eigenvalue weighted by atomic mass is 16.3. The molecule has 0 spiro atoms. The monoisotopic (exact) mass is 233 g/mol. The number of phenolic OH excluding ortho intramolecular Hbond substituents is 1. The zero-order valence-electron chi connectivity index (χ0n) is 10.6. The summed E-state index contributed by atoms with van der Waals surface area (Å²) in [5, 5.41) is 9.45. The SMILES string of the molecule is Cc1cc(C(=O)N2CC(C)C(C)C2)ccc1O. The number of aromatic hydroxyl groups is 1. The van der Waals surface area contributed by atoms with Crippen LogP contribution in [0.25, 0.3) is 0 Å². The lowest BCUT2D eigenvalue weighted by atomic mass is 10.0. The Hall–Kier alpha value is -1.51. The highest BCUT2D eigenvalue weighted by Gasteiger charge is 2.29. The predicted molar refractivity (Wildman–Crippen MR) is 67.1 cm³/mol. The van der Waals surface area contributed by atoms with Crippen LogP contribution < -0.4 is 0 Å². The van der Waals surface area contributed by atoms with Gasteiger partial charge in [0.25, 0.3) is 5.91 Å². The van der Waals surface area contributed by atoms with Crippen molar-refractivity contribution >= 4 is 5.91 Å². The third-order valence-electron chi connectivity index (χ3n) is 3.72. The quantitative estimate of drug-likeness (QED) is 0.809. The Morgan fingerprint density at radius 2 is 1.88 bits per heavy atom. The average Bonchev–Trinajstić information content (AvgIpc) is 2.62. The van der Waals surface area contributed by atoms with Gasteiger partial charge in [0.05, 0.1) is 0 Å². The maximum atomic E-state index is 12.2. The Morgan fingerprint density at radius 3 is 2.41 bits per heavy atom. The van der Waals surface area contributed by atoms with E-state index >= 15 is 0 Å². The molecule has 1 saturated heterocycles. The number of carbonyl (C=O) groups excluding carboxylic acids is 1. The Bertz CT molecular complexity index is 432. The largest absolute Gasteiger partial charge is 0.508 e. The van der Waals surface area contributed by atoms with E-state index in [1.807, 2.05) is 4.90 Å². The summed E-state index contributed by atoms with van der Waals surface area (Å²) in [7, 11) is 0. The Kier molecular flexibility index (Phi) is 3.09. The lowest BCUT2D eigenvalue weighted by Crippen LogP contribution is -2.28. The van der Waals surface area contributed by atoms with E-state index in [4.69, 9.17) is 0 Å². The van der Waals surface area contributed by atoms with Crippen molar-refractivity contribution in [3.05, 3.63) is 29.3 Å². The van der Waals surface area contributed by atoms with E-state index in [1.165, 1.54) is 0 Å². The van der Waals surface area contributed by atoms with Crippen LogP contribution in [0.1, 0.15) is 29.8 Å². The van der Waals surface area contributed by atoms with Crippen LogP contribution in [0.5, 0.6) is 5.75 Å². The number of hydrogen-bond donors (Lipinski definition) is 1. The van der Waals surface area contributed by atoms with Gasteiger partial charge in [-0.05, 0) is 42.5 Å². The molecular formula is C14H19NO2. The van der Waals surface area contributed by atoms with Crippen LogP contribution in [0.15, 0.2) is 18.2 Å². The van der Waals surface area contributed by atoms with Crippen LogP contribution in [0.4, 0.5) is 0 Å². The molecule has 1 aromatic carbocycles.